The van der Waals surface area contributed by atoms with Gasteiger partial charge in [0.05, 0.1) is 5.69 Å². The average Bonchev–Trinajstić information content (AvgIpc) is 1.77. The van der Waals surface area contributed by atoms with Gasteiger partial charge in [-0.15, -0.1) is 0 Å². The van der Waals surface area contributed by atoms with Crippen LogP contribution in [0, 0.1) is 3.70 Å². The fraction of sp³-hybridized carbons (Fsp3) is 0. The fourth-order valence-electron chi connectivity index (χ4n) is 0.398. The molecule has 1 heterocycles. The zero-order valence-corrected chi connectivity index (χ0v) is 6.29. The minimum absolute atomic E-state index is 0.744. The third kappa shape index (κ3) is 1.09. The highest BCUT2D eigenvalue weighted by Crippen LogP contribution is 2.07. The number of halogens is 1. The number of rotatable bonds is 0. The average molecular weight is 220 g/mol. The maximum absolute atomic E-state index is 5.45. The molecule has 2 nitrogen and oxygen atoms in total. The van der Waals surface area contributed by atoms with Gasteiger partial charge in [0.2, 0.25) is 0 Å². The highest BCUT2D eigenvalue weighted by atomic mass is 127. The van der Waals surface area contributed by atoms with E-state index in [2.05, 4.69) is 27.6 Å². The van der Waals surface area contributed by atoms with E-state index in [-0.39, 0.29) is 0 Å². The third-order valence-corrected chi connectivity index (χ3v) is 1.69. The summed E-state index contributed by atoms with van der Waals surface area (Å²) in [5.41, 5.74) is 6.19. The molecule has 0 aliphatic rings. The molecule has 0 atom stereocenters. The smallest absolute Gasteiger partial charge is 0.124 e. The summed E-state index contributed by atoms with van der Waals surface area (Å²) >= 11 is 2.09. The normalized spacial score (nSPS) is 9.12. The summed E-state index contributed by atoms with van der Waals surface area (Å²) in [7, 11) is 0. The molecule has 1 aromatic rings. The van der Waals surface area contributed by atoms with Crippen molar-refractivity contribution in [3.63, 3.8) is 0 Å². The van der Waals surface area contributed by atoms with Crippen molar-refractivity contribution < 1.29 is 0 Å². The van der Waals surface area contributed by atoms with E-state index in [0.29, 0.717) is 0 Å². The van der Waals surface area contributed by atoms with Crippen LogP contribution in [-0.2, 0) is 0 Å². The van der Waals surface area contributed by atoms with Gasteiger partial charge < -0.3 is 5.73 Å². The van der Waals surface area contributed by atoms with Crippen LogP contribution in [0.15, 0.2) is 18.3 Å². The Bertz CT molecular complexity index is 167. The molecule has 0 fully saturated rings. The van der Waals surface area contributed by atoms with Gasteiger partial charge in [0.1, 0.15) is 3.70 Å². The summed E-state index contributed by atoms with van der Waals surface area (Å²) in [5, 5.41) is 0. The zero-order valence-electron chi connectivity index (χ0n) is 4.13. The fourth-order valence-corrected chi connectivity index (χ4v) is 0.739. The van der Waals surface area contributed by atoms with Gasteiger partial charge in [-0.25, -0.2) is 4.98 Å². The van der Waals surface area contributed by atoms with E-state index in [9.17, 15) is 0 Å². The maximum atomic E-state index is 5.45. The number of nitrogens with zero attached hydrogens (tertiary/aromatic N) is 1. The molecular weight excluding hydrogens is 215 g/mol. The zero-order chi connectivity index (χ0) is 5.98. The van der Waals surface area contributed by atoms with Crippen LogP contribution in [0.5, 0.6) is 0 Å². The second-order valence-corrected chi connectivity index (χ2v) is 2.41. The maximum Gasteiger partial charge on any atom is 0.124 e. The van der Waals surface area contributed by atoms with Crippen molar-refractivity contribution in [2.75, 3.05) is 5.73 Å². The second-order valence-electron chi connectivity index (χ2n) is 1.38. The molecule has 0 saturated carbocycles. The standard InChI is InChI=1S/C5H5IN2/c6-5-4(7)2-1-3-8-5/h1-3H,7H2. The Morgan fingerprint density at radius 1 is 1.62 bits per heavy atom. The first-order chi connectivity index (χ1) is 3.80. The van der Waals surface area contributed by atoms with Gasteiger partial charge in [0.15, 0.2) is 0 Å². The number of hydrogen-bond acceptors (Lipinski definition) is 2. The minimum atomic E-state index is 0.744. The van der Waals surface area contributed by atoms with Crippen molar-refractivity contribution in [3.8, 4) is 0 Å². The lowest BCUT2D eigenvalue weighted by molar-refractivity contribution is 1.28. The largest absolute Gasteiger partial charge is 0.397 e. The van der Waals surface area contributed by atoms with E-state index in [0.717, 1.165) is 9.39 Å². The van der Waals surface area contributed by atoms with E-state index >= 15 is 0 Å². The van der Waals surface area contributed by atoms with E-state index in [1.54, 1.807) is 6.20 Å². The molecule has 0 aliphatic carbocycles. The Morgan fingerprint density at radius 2 is 2.38 bits per heavy atom. The Morgan fingerprint density at radius 3 is 2.75 bits per heavy atom. The van der Waals surface area contributed by atoms with Crippen LogP contribution in [0.3, 0.4) is 0 Å². The van der Waals surface area contributed by atoms with Gasteiger partial charge in [-0.1, -0.05) is 0 Å². The Kier molecular flexibility index (Phi) is 1.67. The van der Waals surface area contributed by atoms with Crippen LogP contribution in [0.4, 0.5) is 5.69 Å². The molecule has 0 saturated heterocycles. The van der Waals surface area contributed by atoms with Gasteiger partial charge >= 0.3 is 0 Å². The number of nitrogens with two attached hydrogens (primary N) is 1. The Hall–Kier alpha value is -0.320. The SMILES string of the molecule is Nc1cccnc1I. The van der Waals surface area contributed by atoms with Gasteiger partial charge in [-0.05, 0) is 34.7 Å². The van der Waals surface area contributed by atoms with Crippen LogP contribution in [-0.4, -0.2) is 4.98 Å². The number of nitrogen functional groups attached to an aromatic ring is 1. The lowest BCUT2D eigenvalue weighted by Crippen LogP contribution is -1.89. The molecule has 0 amide bonds. The van der Waals surface area contributed by atoms with Crippen LogP contribution >= 0.6 is 22.6 Å². The van der Waals surface area contributed by atoms with Gasteiger partial charge in [0.25, 0.3) is 0 Å². The van der Waals surface area contributed by atoms with Gasteiger partial charge in [-0.3, -0.25) is 0 Å². The summed E-state index contributed by atoms with van der Waals surface area (Å²) in [6, 6.07) is 3.65. The van der Waals surface area contributed by atoms with Crippen LogP contribution < -0.4 is 5.73 Å². The van der Waals surface area contributed by atoms with Crippen molar-refractivity contribution in [2.45, 2.75) is 0 Å². The molecule has 3 heteroatoms. The van der Waals surface area contributed by atoms with Crippen molar-refractivity contribution >= 4 is 28.3 Å². The molecule has 0 unspecified atom stereocenters. The van der Waals surface area contributed by atoms with Crippen LogP contribution in [0.1, 0.15) is 0 Å². The van der Waals surface area contributed by atoms with E-state index in [4.69, 9.17) is 5.73 Å². The van der Waals surface area contributed by atoms with Gasteiger partial charge in [-0.2, -0.15) is 0 Å². The highest BCUT2D eigenvalue weighted by molar-refractivity contribution is 14.1. The Labute approximate surface area is 61.3 Å². The predicted molar refractivity (Wildman–Crippen MR) is 41.4 cm³/mol. The van der Waals surface area contributed by atoms with E-state index in [1.807, 2.05) is 12.1 Å². The minimum Gasteiger partial charge on any atom is -0.397 e. The molecule has 42 valence electrons. The first kappa shape index (κ1) is 5.81. The lowest BCUT2D eigenvalue weighted by atomic mass is 10.4. The first-order valence-electron chi connectivity index (χ1n) is 2.16. The summed E-state index contributed by atoms with van der Waals surface area (Å²) in [6.07, 6.45) is 1.72. The van der Waals surface area contributed by atoms with Crippen molar-refractivity contribution in [1.82, 2.24) is 4.98 Å². The van der Waals surface area contributed by atoms with Gasteiger partial charge in [0, 0.05) is 6.20 Å². The molecule has 0 radical (unpaired) electrons. The number of anilines is 1. The molecular formula is C5H5IN2. The highest BCUT2D eigenvalue weighted by Gasteiger charge is 1.88. The molecule has 1 rings (SSSR count). The lowest BCUT2D eigenvalue weighted by Gasteiger charge is -1.90. The molecule has 0 bridgehead atoms. The predicted octanol–water partition coefficient (Wildman–Crippen LogP) is 1.27. The van der Waals surface area contributed by atoms with Crippen molar-refractivity contribution in [1.29, 1.82) is 0 Å². The van der Waals surface area contributed by atoms with Crippen LogP contribution in [0.25, 0.3) is 0 Å². The van der Waals surface area contributed by atoms with Crippen LogP contribution in [0.2, 0.25) is 0 Å². The molecule has 8 heavy (non-hydrogen) atoms. The molecule has 0 aliphatic heterocycles. The number of hydrogen-bond donors (Lipinski definition) is 1. The molecule has 0 spiro atoms. The number of aromatic nitrogens is 1. The monoisotopic (exact) mass is 220 g/mol. The van der Waals surface area contributed by atoms with E-state index in [1.165, 1.54) is 0 Å². The summed E-state index contributed by atoms with van der Waals surface area (Å²) in [5.74, 6) is 0. The Balaban J connectivity index is 3.13. The summed E-state index contributed by atoms with van der Waals surface area (Å²) in [6.45, 7) is 0. The summed E-state index contributed by atoms with van der Waals surface area (Å²) < 4.78 is 0.866. The van der Waals surface area contributed by atoms with Crippen molar-refractivity contribution in [2.24, 2.45) is 0 Å². The third-order valence-electron chi connectivity index (χ3n) is 0.788. The first-order valence-corrected chi connectivity index (χ1v) is 3.24. The second kappa shape index (κ2) is 2.30. The molecule has 1 aromatic heterocycles. The topological polar surface area (TPSA) is 38.9 Å². The number of pyridine rings is 1. The summed E-state index contributed by atoms with van der Waals surface area (Å²) in [4.78, 5) is 3.94. The quantitative estimate of drug-likeness (QED) is 0.528. The molecule has 0 aromatic carbocycles. The molecule has 2 N–H and O–H groups in total. The van der Waals surface area contributed by atoms with Crippen molar-refractivity contribution in [3.05, 3.63) is 22.0 Å². The van der Waals surface area contributed by atoms with E-state index < -0.39 is 0 Å².